The summed E-state index contributed by atoms with van der Waals surface area (Å²) in [5.41, 5.74) is 0.748. The molecule has 1 aromatic carbocycles. The Labute approximate surface area is 104 Å². The molecule has 6 heteroatoms. The lowest BCUT2D eigenvalue weighted by Crippen LogP contribution is -2.07. The number of rotatable bonds is 5. The van der Waals surface area contributed by atoms with E-state index in [1.54, 1.807) is 13.2 Å². The fourth-order valence-corrected chi connectivity index (χ4v) is 1.53. The van der Waals surface area contributed by atoms with Crippen LogP contribution in [0.3, 0.4) is 0 Å². The largest absolute Gasteiger partial charge is 0.383 e. The molecular formula is C11H12ClN3O2. The number of aromatic nitrogens is 2. The highest BCUT2D eigenvalue weighted by Gasteiger charge is 2.10. The van der Waals surface area contributed by atoms with Crippen LogP contribution in [0.15, 0.2) is 28.8 Å². The SMILES string of the molecule is COCCNc1nc(-c2ccccc2Cl)no1. The standard InChI is InChI=1S/C11H12ClN3O2/c1-16-7-6-13-11-14-10(15-17-11)8-4-2-3-5-9(8)12/h2-5H,6-7H2,1H3,(H,13,14,15). The van der Waals surface area contributed by atoms with E-state index in [0.717, 1.165) is 5.56 Å². The maximum Gasteiger partial charge on any atom is 0.321 e. The first-order valence-corrected chi connectivity index (χ1v) is 5.50. The average Bonchev–Trinajstić information content (AvgIpc) is 2.79. The molecule has 2 rings (SSSR count). The minimum atomic E-state index is 0.358. The van der Waals surface area contributed by atoms with Gasteiger partial charge in [-0.2, -0.15) is 4.98 Å². The van der Waals surface area contributed by atoms with Gasteiger partial charge in [0.15, 0.2) is 0 Å². The van der Waals surface area contributed by atoms with Crippen molar-refractivity contribution >= 4 is 17.6 Å². The molecule has 1 N–H and O–H groups in total. The second-order valence-corrected chi connectivity index (χ2v) is 3.73. The van der Waals surface area contributed by atoms with Crippen LogP contribution in [0.4, 0.5) is 6.01 Å². The van der Waals surface area contributed by atoms with Crippen molar-refractivity contribution in [2.45, 2.75) is 0 Å². The van der Waals surface area contributed by atoms with E-state index in [-0.39, 0.29) is 0 Å². The van der Waals surface area contributed by atoms with E-state index in [1.165, 1.54) is 0 Å². The number of ether oxygens (including phenoxy) is 1. The van der Waals surface area contributed by atoms with Crippen molar-refractivity contribution in [3.63, 3.8) is 0 Å². The van der Waals surface area contributed by atoms with Crippen molar-refractivity contribution in [3.8, 4) is 11.4 Å². The Kier molecular flexibility index (Phi) is 3.95. The molecule has 1 heterocycles. The molecule has 0 aliphatic rings. The Balaban J connectivity index is 2.10. The van der Waals surface area contributed by atoms with Crippen LogP contribution in [-0.4, -0.2) is 30.4 Å². The fourth-order valence-electron chi connectivity index (χ4n) is 1.31. The second kappa shape index (κ2) is 5.65. The van der Waals surface area contributed by atoms with Crippen LogP contribution < -0.4 is 5.32 Å². The number of halogens is 1. The van der Waals surface area contributed by atoms with Crippen LogP contribution in [0.25, 0.3) is 11.4 Å². The second-order valence-electron chi connectivity index (χ2n) is 3.32. The highest BCUT2D eigenvalue weighted by Crippen LogP contribution is 2.25. The van der Waals surface area contributed by atoms with Gasteiger partial charge >= 0.3 is 6.01 Å². The van der Waals surface area contributed by atoms with Crippen LogP contribution in [-0.2, 0) is 4.74 Å². The number of methoxy groups -OCH3 is 1. The van der Waals surface area contributed by atoms with Gasteiger partial charge in [-0.1, -0.05) is 28.9 Å². The monoisotopic (exact) mass is 253 g/mol. The Morgan fingerprint density at radius 1 is 1.41 bits per heavy atom. The molecule has 5 nitrogen and oxygen atoms in total. The summed E-state index contributed by atoms with van der Waals surface area (Å²) >= 11 is 6.03. The molecule has 0 radical (unpaired) electrons. The summed E-state index contributed by atoms with van der Waals surface area (Å²) in [7, 11) is 1.63. The van der Waals surface area contributed by atoms with Crippen molar-refractivity contribution < 1.29 is 9.26 Å². The number of benzene rings is 1. The Bertz CT molecular complexity index is 487. The van der Waals surface area contributed by atoms with Gasteiger partial charge in [-0.05, 0) is 12.1 Å². The van der Waals surface area contributed by atoms with E-state index in [9.17, 15) is 0 Å². The first-order valence-electron chi connectivity index (χ1n) is 5.12. The van der Waals surface area contributed by atoms with E-state index >= 15 is 0 Å². The molecule has 0 spiro atoms. The zero-order chi connectivity index (χ0) is 12.1. The predicted octanol–water partition coefficient (Wildman–Crippen LogP) is 2.45. The number of hydrogen-bond donors (Lipinski definition) is 1. The quantitative estimate of drug-likeness (QED) is 0.830. The summed E-state index contributed by atoms with van der Waals surface area (Å²) < 4.78 is 9.93. The van der Waals surface area contributed by atoms with Crippen molar-refractivity contribution in [1.82, 2.24) is 10.1 Å². The molecule has 0 saturated heterocycles. The molecule has 0 bridgehead atoms. The normalized spacial score (nSPS) is 10.5. The third-order valence-corrected chi connectivity index (χ3v) is 2.45. The highest BCUT2D eigenvalue weighted by molar-refractivity contribution is 6.33. The molecule has 1 aromatic heterocycles. The van der Waals surface area contributed by atoms with E-state index in [1.807, 2.05) is 18.2 Å². The smallest absolute Gasteiger partial charge is 0.321 e. The summed E-state index contributed by atoms with van der Waals surface area (Å²) in [6, 6.07) is 7.70. The molecule has 0 aliphatic carbocycles. The van der Waals surface area contributed by atoms with Crippen LogP contribution in [0.5, 0.6) is 0 Å². The summed E-state index contributed by atoms with van der Waals surface area (Å²) in [4.78, 5) is 4.18. The Hall–Kier alpha value is -1.59. The van der Waals surface area contributed by atoms with Crippen LogP contribution in [0, 0.1) is 0 Å². The molecular weight excluding hydrogens is 242 g/mol. The van der Waals surface area contributed by atoms with Crippen molar-refractivity contribution in [2.24, 2.45) is 0 Å². The lowest BCUT2D eigenvalue weighted by Gasteiger charge is -1.98. The fraction of sp³-hybridized carbons (Fsp3) is 0.273. The molecule has 17 heavy (non-hydrogen) atoms. The van der Waals surface area contributed by atoms with E-state index in [4.69, 9.17) is 20.9 Å². The molecule has 0 unspecified atom stereocenters. The van der Waals surface area contributed by atoms with Gasteiger partial charge in [0.05, 0.1) is 11.6 Å². The summed E-state index contributed by atoms with van der Waals surface area (Å²) in [6.07, 6.45) is 0. The minimum Gasteiger partial charge on any atom is -0.383 e. The van der Waals surface area contributed by atoms with Crippen LogP contribution in [0.1, 0.15) is 0 Å². The van der Waals surface area contributed by atoms with Gasteiger partial charge in [-0.25, -0.2) is 0 Å². The number of hydrogen-bond acceptors (Lipinski definition) is 5. The van der Waals surface area contributed by atoms with E-state index in [2.05, 4.69) is 15.5 Å². The number of nitrogens with one attached hydrogen (secondary N) is 1. The van der Waals surface area contributed by atoms with Gasteiger partial charge < -0.3 is 14.6 Å². The van der Waals surface area contributed by atoms with Gasteiger partial charge in [-0.15, -0.1) is 0 Å². The van der Waals surface area contributed by atoms with E-state index < -0.39 is 0 Å². The van der Waals surface area contributed by atoms with E-state index in [0.29, 0.717) is 30.0 Å². The lowest BCUT2D eigenvalue weighted by atomic mass is 10.2. The molecule has 0 aliphatic heterocycles. The molecule has 0 atom stereocenters. The predicted molar refractivity (Wildman–Crippen MR) is 65.1 cm³/mol. The van der Waals surface area contributed by atoms with Gasteiger partial charge in [0.2, 0.25) is 5.82 Å². The van der Waals surface area contributed by atoms with Crippen molar-refractivity contribution in [2.75, 3.05) is 25.6 Å². The molecule has 0 saturated carbocycles. The van der Waals surface area contributed by atoms with Crippen molar-refractivity contribution in [1.29, 1.82) is 0 Å². The van der Waals surface area contributed by atoms with Gasteiger partial charge in [-0.3, -0.25) is 0 Å². The number of nitrogens with zero attached hydrogens (tertiary/aromatic N) is 2. The van der Waals surface area contributed by atoms with Crippen LogP contribution >= 0.6 is 11.6 Å². The number of anilines is 1. The summed E-state index contributed by atoms with van der Waals surface area (Å²) in [5, 5.41) is 7.39. The third kappa shape index (κ3) is 2.95. The first-order chi connectivity index (χ1) is 8.31. The van der Waals surface area contributed by atoms with Crippen molar-refractivity contribution in [3.05, 3.63) is 29.3 Å². The Morgan fingerprint density at radius 2 is 2.24 bits per heavy atom. The maximum atomic E-state index is 6.03. The van der Waals surface area contributed by atoms with Gasteiger partial charge in [0.1, 0.15) is 0 Å². The first kappa shape index (κ1) is 11.9. The Morgan fingerprint density at radius 3 is 3.00 bits per heavy atom. The molecule has 0 fully saturated rings. The zero-order valence-electron chi connectivity index (χ0n) is 9.31. The minimum absolute atomic E-state index is 0.358. The topological polar surface area (TPSA) is 60.2 Å². The van der Waals surface area contributed by atoms with Gasteiger partial charge in [0, 0.05) is 19.2 Å². The highest BCUT2D eigenvalue weighted by atomic mass is 35.5. The van der Waals surface area contributed by atoms with Gasteiger partial charge in [0.25, 0.3) is 0 Å². The summed E-state index contributed by atoms with van der Waals surface area (Å²) in [5.74, 6) is 0.468. The summed E-state index contributed by atoms with van der Waals surface area (Å²) in [6.45, 7) is 1.18. The molecule has 2 aromatic rings. The third-order valence-electron chi connectivity index (χ3n) is 2.12. The molecule has 0 amide bonds. The lowest BCUT2D eigenvalue weighted by molar-refractivity contribution is 0.210. The van der Waals surface area contributed by atoms with Crippen LogP contribution in [0.2, 0.25) is 5.02 Å². The maximum absolute atomic E-state index is 6.03. The zero-order valence-corrected chi connectivity index (χ0v) is 10.1. The molecule has 90 valence electrons. The average molecular weight is 254 g/mol.